The second kappa shape index (κ2) is 5.91. The lowest BCUT2D eigenvalue weighted by atomic mass is 9.88. The van der Waals surface area contributed by atoms with Crippen molar-refractivity contribution in [3.05, 3.63) is 0 Å². The molecule has 106 valence electrons. The van der Waals surface area contributed by atoms with Crippen LogP contribution in [0.15, 0.2) is 0 Å². The third kappa shape index (κ3) is 4.16. The molecule has 1 aliphatic rings. The molecule has 0 bridgehead atoms. The van der Waals surface area contributed by atoms with Crippen molar-refractivity contribution in [3.63, 3.8) is 0 Å². The molecule has 1 aliphatic heterocycles. The molecule has 4 nitrogen and oxygen atoms in total. The minimum absolute atomic E-state index is 0.00257. The highest BCUT2D eigenvalue weighted by molar-refractivity contribution is 5.74. The maximum absolute atomic E-state index is 12.2. The average Bonchev–Trinajstić information content (AvgIpc) is 2.27. The molecule has 0 aromatic heterocycles. The van der Waals surface area contributed by atoms with Crippen LogP contribution < -0.4 is 5.32 Å². The van der Waals surface area contributed by atoms with Gasteiger partial charge in [0.1, 0.15) is 0 Å². The van der Waals surface area contributed by atoms with Crippen molar-refractivity contribution in [2.75, 3.05) is 13.1 Å². The molecule has 0 saturated carbocycles. The molecule has 0 aromatic rings. The maximum Gasteiger partial charge on any atom is 0.317 e. The third-order valence-corrected chi connectivity index (χ3v) is 4.07. The number of likely N-dealkylation sites (tertiary alicyclic amines) is 1. The van der Waals surface area contributed by atoms with Gasteiger partial charge in [0.05, 0.1) is 6.10 Å². The van der Waals surface area contributed by atoms with Crippen molar-refractivity contribution in [2.24, 2.45) is 11.3 Å². The summed E-state index contributed by atoms with van der Waals surface area (Å²) in [5, 5.41) is 12.7. The summed E-state index contributed by atoms with van der Waals surface area (Å²) in [5.74, 6) is 0.217. The van der Waals surface area contributed by atoms with Gasteiger partial charge in [0, 0.05) is 25.0 Å². The van der Waals surface area contributed by atoms with Crippen molar-refractivity contribution in [2.45, 2.75) is 59.6 Å². The molecule has 4 heteroatoms. The highest BCUT2D eigenvalue weighted by Crippen LogP contribution is 2.21. The lowest BCUT2D eigenvalue weighted by Gasteiger charge is -2.36. The zero-order valence-corrected chi connectivity index (χ0v) is 12.4. The predicted molar refractivity (Wildman–Crippen MR) is 73.4 cm³/mol. The van der Waals surface area contributed by atoms with Crippen LogP contribution in [0.3, 0.4) is 0 Å². The molecule has 1 saturated heterocycles. The van der Waals surface area contributed by atoms with Gasteiger partial charge in [0.15, 0.2) is 0 Å². The molecule has 3 atom stereocenters. The van der Waals surface area contributed by atoms with Gasteiger partial charge >= 0.3 is 6.03 Å². The monoisotopic (exact) mass is 256 g/mol. The van der Waals surface area contributed by atoms with Gasteiger partial charge in [-0.3, -0.25) is 0 Å². The third-order valence-electron chi connectivity index (χ3n) is 4.07. The number of aliphatic hydroxyl groups is 1. The number of amides is 2. The predicted octanol–water partition coefficient (Wildman–Crippen LogP) is 2.22. The summed E-state index contributed by atoms with van der Waals surface area (Å²) in [6, 6.07) is 0.139. The zero-order chi connectivity index (χ0) is 13.9. The summed E-state index contributed by atoms with van der Waals surface area (Å²) in [4.78, 5) is 14.0. The van der Waals surface area contributed by atoms with Crippen molar-refractivity contribution in [3.8, 4) is 0 Å². The van der Waals surface area contributed by atoms with Crippen LogP contribution in [0.25, 0.3) is 0 Å². The van der Waals surface area contributed by atoms with Crippen LogP contribution >= 0.6 is 0 Å². The van der Waals surface area contributed by atoms with Crippen LogP contribution in [0, 0.1) is 11.3 Å². The Morgan fingerprint density at radius 3 is 2.50 bits per heavy atom. The summed E-state index contributed by atoms with van der Waals surface area (Å²) >= 11 is 0. The number of nitrogens with one attached hydrogen (secondary N) is 1. The van der Waals surface area contributed by atoms with Crippen molar-refractivity contribution < 1.29 is 9.90 Å². The Bertz CT molecular complexity index is 284. The molecule has 2 N–H and O–H groups in total. The molecule has 0 aromatic carbocycles. The van der Waals surface area contributed by atoms with E-state index in [9.17, 15) is 9.90 Å². The van der Waals surface area contributed by atoms with Gasteiger partial charge in [0.25, 0.3) is 0 Å². The van der Waals surface area contributed by atoms with E-state index >= 15 is 0 Å². The Balaban J connectivity index is 2.51. The first-order valence-electron chi connectivity index (χ1n) is 6.95. The first kappa shape index (κ1) is 15.3. The molecule has 1 rings (SSSR count). The van der Waals surface area contributed by atoms with Crippen LogP contribution in [0.1, 0.15) is 47.5 Å². The number of carbonyl (C=O) groups excluding carboxylic acids is 1. The van der Waals surface area contributed by atoms with Gasteiger partial charge in [0.2, 0.25) is 0 Å². The number of urea groups is 1. The average molecular weight is 256 g/mol. The van der Waals surface area contributed by atoms with Crippen LogP contribution in [0.4, 0.5) is 4.79 Å². The Hall–Kier alpha value is -0.770. The number of rotatable bonds is 2. The highest BCUT2D eigenvalue weighted by atomic mass is 16.3. The van der Waals surface area contributed by atoms with Crippen molar-refractivity contribution in [1.29, 1.82) is 0 Å². The van der Waals surface area contributed by atoms with E-state index in [-0.39, 0.29) is 29.5 Å². The molecule has 0 spiro atoms. The summed E-state index contributed by atoms with van der Waals surface area (Å²) < 4.78 is 0. The first-order chi connectivity index (χ1) is 8.21. The van der Waals surface area contributed by atoms with Crippen LogP contribution in [0.5, 0.6) is 0 Å². The molecule has 3 unspecified atom stereocenters. The number of hydrogen-bond acceptors (Lipinski definition) is 2. The topological polar surface area (TPSA) is 52.6 Å². The molecule has 18 heavy (non-hydrogen) atoms. The second-order valence-electron chi connectivity index (χ2n) is 6.63. The quantitative estimate of drug-likeness (QED) is 0.796. The van der Waals surface area contributed by atoms with Gasteiger partial charge in [-0.1, -0.05) is 20.8 Å². The fraction of sp³-hybridized carbons (Fsp3) is 0.929. The van der Waals surface area contributed by atoms with Crippen LogP contribution in [0.2, 0.25) is 0 Å². The first-order valence-corrected chi connectivity index (χ1v) is 6.95. The van der Waals surface area contributed by atoms with Gasteiger partial charge in [-0.15, -0.1) is 0 Å². The van der Waals surface area contributed by atoms with E-state index in [1.807, 2.05) is 18.7 Å². The Kier molecular flexibility index (Phi) is 5.02. The number of nitrogens with zero attached hydrogens (tertiary/aromatic N) is 1. The summed E-state index contributed by atoms with van der Waals surface area (Å²) in [5.41, 5.74) is 0.0646. The van der Waals surface area contributed by atoms with Crippen LogP contribution in [-0.4, -0.2) is 41.3 Å². The minimum Gasteiger partial charge on any atom is -0.393 e. The Labute approximate surface area is 111 Å². The molecular weight excluding hydrogens is 228 g/mol. The van der Waals surface area contributed by atoms with Gasteiger partial charge < -0.3 is 15.3 Å². The van der Waals surface area contributed by atoms with E-state index in [1.165, 1.54) is 0 Å². The lowest BCUT2D eigenvalue weighted by molar-refractivity contribution is 0.0723. The van der Waals surface area contributed by atoms with E-state index in [2.05, 4.69) is 26.1 Å². The van der Waals surface area contributed by atoms with E-state index in [0.29, 0.717) is 6.54 Å². The molecule has 1 heterocycles. The summed E-state index contributed by atoms with van der Waals surface area (Å²) in [6.45, 7) is 11.7. The van der Waals surface area contributed by atoms with E-state index in [1.54, 1.807) is 0 Å². The second-order valence-corrected chi connectivity index (χ2v) is 6.63. The molecule has 0 radical (unpaired) electrons. The molecule has 1 fully saturated rings. The van der Waals surface area contributed by atoms with Gasteiger partial charge in [-0.25, -0.2) is 4.79 Å². The van der Waals surface area contributed by atoms with Crippen LogP contribution in [-0.2, 0) is 0 Å². The Morgan fingerprint density at radius 2 is 2.00 bits per heavy atom. The number of piperidine rings is 1. The number of hydrogen-bond donors (Lipinski definition) is 2. The Morgan fingerprint density at radius 1 is 1.39 bits per heavy atom. The van der Waals surface area contributed by atoms with Crippen molar-refractivity contribution >= 4 is 6.03 Å². The van der Waals surface area contributed by atoms with E-state index in [4.69, 9.17) is 0 Å². The van der Waals surface area contributed by atoms with Crippen molar-refractivity contribution in [1.82, 2.24) is 10.2 Å². The maximum atomic E-state index is 12.2. The van der Waals surface area contributed by atoms with Gasteiger partial charge in [-0.2, -0.15) is 0 Å². The zero-order valence-electron chi connectivity index (χ0n) is 12.4. The minimum atomic E-state index is -0.333. The fourth-order valence-electron chi connectivity index (χ4n) is 2.08. The summed E-state index contributed by atoms with van der Waals surface area (Å²) in [6.07, 6.45) is 1.66. The number of aliphatic hydroxyl groups excluding tert-OH is 1. The molecule has 0 aliphatic carbocycles. The van der Waals surface area contributed by atoms with Gasteiger partial charge in [-0.05, 0) is 32.1 Å². The largest absolute Gasteiger partial charge is 0.393 e. The lowest BCUT2D eigenvalue weighted by Crippen LogP contribution is -2.51. The van der Waals surface area contributed by atoms with E-state index in [0.717, 1.165) is 19.4 Å². The standard InChI is InChI=1S/C14H28N2O2/c1-10(17)12-7-6-8-16(9-12)13(18)15-11(2)14(3,4)5/h10-12,17H,6-9H2,1-5H3,(H,15,18). The molecular formula is C14H28N2O2. The van der Waals surface area contributed by atoms with E-state index < -0.39 is 0 Å². The normalized spacial score (nSPS) is 24.6. The molecule has 2 amide bonds. The smallest absolute Gasteiger partial charge is 0.317 e. The highest BCUT2D eigenvalue weighted by Gasteiger charge is 2.29. The summed E-state index contributed by atoms with van der Waals surface area (Å²) in [7, 11) is 0. The SMILES string of the molecule is CC(O)C1CCCN(C(=O)NC(C)C(C)(C)C)C1. The number of carbonyl (C=O) groups is 1. The fourth-order valence-corrected chi connectivity index (χ4v) is 2.08.